The number of rotatable bonds is 4. The van der Waals surface area contributed by atoms with Gasteiger partial charge in [0.05, 0.1) is 7.11 Å². The minimum absolute atomic E-state index is 0.537. The average molecular weight is 206 g/mol. The Kier molecular flexibility index (Phi) is 4.18. The molecule has 0 aromatic heterocycles. The Bertz CT molecular complexity index is 345. The zero-order valence-corrected chi connectivity index (χ0v) is 9.53. The second-order valence-corrected chi connectivity index (χ2v) is 3.46. The Morgan fingerprint density at radius 2 is 2.13 bits per heavy atom. The molecule has 1 rings (SSSR count). The fraction of sp³-hybridized carbons (Fsp3) is 0.333. The van der Waals surface area contributed by atoms with Crippen LogP contribution in [0.15, 0.2) is 24.3 Å². The monoisotopic (exact) mass is 206 g/mol. The molecule has 82 valence electrons. The lowest BCUT2D eigenvalue weighted by Gasteiger charge is -2.14. The Balaban J connectivity index is 3.07. The molecule has 0 amide bonds. The molecule has 0 heterocycles. The van der Waals surface area contributed by atoms with Crippen molar-refractivity contribution in [1.29, 1.82) is 0 Å². The molecule has 0 radical (unpaired) electrons. The second-order valence-electron chi connectivity index (χ2n) is 3.46. The number of hydrogen-bond acceptors (Lipinski definition) is 3. The number of methoxy groups -OCH3 is 1. The summed E-state index contributed by atoms with van der Waals surface area (Å²) in [6.45, 7) is 0.537. The largest absolute Gasteiger partial charge is 0.496 e. The molecular formula is C12H18N2O. The van der Waals surface area contributed by atoms with E-state index in [-0.39, 0.29) is 0 Å². The van der Waals surface area contributed by atoms with Crippen molar-refractivity contribution in [2.45, 2.75) is 0 Å². The summed E-state index contributed by atoms with van der Waals surface area (Å²) in [5.41, 5.74) is 7.62. The SMILES string of the molecule is COc1ccc(N(C)C)cc1/C=C/CN. The van der Waals surface area contributed by atoms with Gasteiger partial charge in [-0.1, -0.05) is 12.2 Å². The van der Waals surface area contributed by atoms with Crippen LogP contribution in [0.25, 0.3) is 6.08 Å². The molecule has 0 aliphatic heterocycles. The van der Waals surface area contributed by atoms with Gasteiger partial charge >= 0.3 is 0 Å². The van der Waals surface area contributed by atoms with Crippen molar-refractivity contribution in [1.82, 2.24) is 0 Å². The van der Waals surface area contributed by atoms with E-state index in [0.717, 1.165) is 17.0 Å². The summed E-state index contributed by atoms with van der Waals surface area (Å²) >= 11 is 0. The molecule has 0 unspecified atom stereocenters. The lowest BCUT2D eigenvalue weighted by molar-refractivity contribution is 0.414. The van der Waals surface area contributed by atoms with Gasteiger partial charge < -0.3 is 15.4 Å². The molecule has 0 atom stereocenters. The van der Waals surface area contributed by atoms with Gasteiger partial charge in [0.2, 0.25) is 0 Å². The zero-order chi connectivity index (χ0) is 11.3. The Morgan fingerprint density at radius 1 is 1.40 bits per heavy atom. The summed E-state index contributed by atoms with van der Waals surface area (Å²) in [6.07, 6.45) is 3.89. The first-order chi connectivity index (χ1) is 7.19. The normalized spacial score (nSPS) is 10.7. The van der Waals surface area contributed by atoms with Crippen molar-refractivity contribution >= 4 is 11.8 Å². The van der Waals surface area contributed by atoms with E-state index in [2.05, 4.69) is 11.0 Å². The van der Waals surface area contributed by atoms with Crippen LogP contribution >= 0.6 is 0 Å². The fourth-order valence-corrected chi connectivity index (χ4v) is 1.33. The number of benzene rings is 1. The lowest BCUT2D eigenvalue weighted by Crippen LogP contribution is -2.08. The number of nitrogens with zero attached hydrogens (tertiary/aromatic N) is 1. The Hall–Kier alpha value is -1.48. The number of hydrogen-bond donors (Lipinski definition) is 1. The standard InChI is InChI=1S/C12H18N2O/c1-14(2)11-6-7-12(15-3)10(9-11)5-4-8-13/h4-7,9H,8,13H2,1-3H3/b5-4+. The van der Waals surface area contributed by atoms with E-state index in [1.165, 1.54) is 0 Å². The van der Waals surface area contributed by atoms with Gasteiger partial charge in [-0.3, -0.25) is 0 Å². The summed E-state index contributed by atoms with van der Waals surface area (Å²) in [6, 6.07) is 6.06. The summed E-state index contributed by atoms with van der Waals surface area (Å²) in [4.78, 5) is 2.05. The van der Waals surface area contributed by atoms with E-state index >= 15 is 0 Å². The van der Waals surface area contributed by atoms with Crippen molar-refractivity contribution in [3.63, 3.8) is 0 Å². The van der Waals surface area contributed by atoms with Crippen molar-refractivity contribution in [2.75, 3.05) is 32.6 Å². The van der Waals surface area contributed by atoms with Gasteiger partial charge in [0.1, 0.15) is 5.75 Å². The quantitative estimate of drug-likeness (QED) is 0.815. The molecule has 0 aliphatic rings. The average Bonchev–Trinajstić information content (AvgIpc) is 2.25. The number of anilines is 1. The predicted octanol–water partition coefficient (Wildman–Crippen LogP) is 1.73. The molecule has 0 bridgehead atoms. The molecular weight excluding hydrogens is 188 g/mol. The van der Waals surface area contributed by atoms with Crippen LogP contribution in [0.2, 0.25) is 0 Å². The highest BCUT2D eigenvalue weighted by molar-refractivity contribution is 5.64. The van der Waals surface area contributed by atoms with E-state index in [4.69, 9.17) is 10.5 Å². The molecule has 1 aromatic rings. The van der Waals surface area contributed by atoms with Crippen molar-refractivity contribution < 1.29 is 4.74 Å². The highest BCUT2D eigenvalue weighted by Crippen LogP contribution is 2.24. The Morgan fingerprint density at radius 3 is 2.67 bits per heavy atom. The molecule has 0 saturated carbocycles. The topological polar surface area (TPSA) is 38.5 Å². The second kappa shape index (κ2) is 5.41. The highest BCUT2D eigenvalue weighted by atomic mass is 16.5. The van der Waals surface area contributed by atoms with E-state index in [0.29, 0.717) is 6.54 Å². The minimum Gasteiger partial charge on any atom is -0.496 e. The molecule has 15 heavy (non-hydrogen) atoms. The van der Waals surface area contributed by atoms with E-state index in [1.54, 1.807) is 7.11 Å². The molecule has 0 spiro atoms. The van der Waals surface area contributed by atoms with Gasteiger partial charge in [0, 0.05) is 31.9 Å². The maximum absolute atomic E-state index is 5.43. The Labute approximate surface area is 91.1 Å². The van der Waals surface area contributed by atoms with E-state index < -0.39 is 0 Å². The molecule has 0 aliphatic carbocycles. The first-order valence-electron chi connectivity index (χ1n) is 4.91. The predicted molar refractivity (Wildman–Crippen MR) is 65.4 cm³/mol. The molecule has 0 saturated heterocycles. The third-order valence-electron chi connectivity index (χ3n) is 2.16. The number of nitrogens with two attached hydrogens (primary N) is 1. The highest BCUT2D eigenvalue weighted by Gasteiger charge is 2.02. The van der Waals surface area contributed by atoms with E-state index in [1.807, 2.05) is 38.4 Å². The van der Waals surface area contributed by atoms with Gasteiger partial charge in [-0.05, 0) is 18.2 Å². The van der Waals surface area contributed by atoms with Gasteiger partial charge in [0.15, 0.2) is 0 Å². The lowest BCUT2D eigenvalue weighted by atomic mass is 10.1. The first-order valence-corrected chi connectivity index (χ1v) is 4.91. The summed E-state index contributed by atoms with van der Waals surface area (Å²) in [5.74, 6) is 0.866. The number of ether oxygens (including phenoxy) is 1. The third kappa shape index (κ3) is 2.99. The van der Waals surface area contributed by atoms with Crippen LogP contribution in [0.4, 0.5) is 5.69 Å². The van der Waals surface area contributed by atoms with Crippen LogP contribution in [0, 0.1) is 0 Å². The first kappa shape index (κ1) is 11.6. The minimum atomic E-state index is 0.537. The van der Waals surface area contributed by atoms with E-state index in [9.17, 15) is 0 Å². The van der Waals surface area contributed by atoms with Crippen LogP contribution in [0.3, 0.4) is 0 Å². The van der Waals surface area contributed by atoms with Crippen LogP contribution in [-0.4, -0.2) is 27.7 Å². The van der Waals surface area contributed by atoms with Crippen LogP contribution in [0.5, 0.6) is 5.75 Å². The maximum Gasteiger partial charge on any atom is 0.126 e. The summed E-state index contributed by atoms with van der Waals surface area (Å²) in [7, 11) is 5.70. The van der Waals surface area contributed by atoms with Gasteiger partial charge in [-0.15, -0.1) is 0 Å². The van der Waals surface area contributed by atoms with Gasteiger partial charge in [-0.25, -0.2) is 0 Å². The molecule has 2 N–H and O–H groups in total. The third-order valence-corrected chi connectivity index (χ3v) is 2.16. The summed E-state index contributed by atoms with van der Waals surface area (Å²) < 4.78 is 5.27. The zero-order valence-electron chi connectivity index (χ0n) is 9.53. The molecule has 1 aromatic carbocycles. The smallest absolute Gasteiger partial charge is 0.126 e. The van der Waals surface area contributed by atoms with Crippen molar-refractivity contribution in [3.8, 4) is 5.75 Å². The van der Waals surface area contributed by atoms with Gasteiger partial charge in [-0.2, -0.15) is 0 Å². The van der Waals surface area contributed by atoms with Crippen molar-refractivity contribution in [3.05, 3.63) is 29.8 Å². The van der Waals surface area contributed by atoms with Crippen LogP contribution in [0.1, 0.15) is 5.56 Å². The maximum atomic E-state index is 5.43. The van der Waals surface area contributed by atoms with Crippen molar-refractivity contribution in [2.24, 2.45) is 5.73 Å². The molecule has 3 heteroatoms. The van der Waals surface area contributed by atoms with Crippen LogP contribution < -0.4 is 15.4 Å². The molecule has 3 nitrogen and oxygen atoms in total. The summed E-state index contributed by atoms with van der Waals surface area (Å²) in [5, 5.41) is 0. The fourth-order valence-electron chi connectivity index (χ4n) is 1.33. The van der Waals surface area contributed by atoms with Crippen LogP contribution in [-0.2, 0) is 0 Å². The molecule has 0 fully saturated rings. The van der Waals surface area contributed by atoms with Gasteiger partial charge in [0.25, 0.3) is 0 Å².